The van der Waals surface area contributed by atoms with Crippen LogP contribution in [0.2, 0.25) is 0 Å². The topological polar surface area (TPSA) is 95.5 Å². The van der Waals surface area contributed by atoms with Gasteiger partial charge in [0.05, 0.1) is 12.2 Å². The van der Waals surface area contributed by atoms with E-state index in [2.05, 4.69) is 5.32 Å². The third-order valence-corrected chi connectivity index (χ3v) is 4.14. The van der Waals surface area contributed by atoms with Crippen LogP contribution in [0.15, 0.2) is 0 Å². The van der Waals surface area contributed by atoms with Crippen LogP contribution in [0.5, 0.6) is 0 Å². The van der Waals surface area contributed by atoms with Crippen LogP contribution in [-0.4, -0.2) is 24.5 Å². The van der Waals surface area contributed by atoms with Crippen molar-refractivity contribution < 1.29 is 24.2 Å². The molecule has 0 unspecified atom stereocenters. The highest BCUT2D eigenvalue weighted by molar-refractivity contribution is 7.16. The maximum Gasteiger partial charge on any atom is 0.341 e. The number of aliphatic carboxylic acids is 1. The predicted molar refractivity (Wildman–Crippen MR) is 81.9 cm³/mol. The average Bonchev–Trinajstić information content (AvgIpc) is 2.74. The zero-order chi connectivity index (χ0) is 16.7. The molecule has 6 nitrogen and oxygen atoms in total. The highest BCUT2D eigenvalue weighted by Crippen LogP contribution is 2.34. The molecule has 0 saturated heterocycles. The maximum absolute atomic E-state index is 12.1. The fourth-order valence-corrected chi connectivity index (χ4v) is 3.24. The summed E-state index contributed by atoms with van der Waals surface area (Å²) in [5.41, 5.74) is 1.27. The molecular formula is C15H20NO5S-. The van der Waals surface area contributed by atoms with E-state index >= 15 is 0 Å². The summed E-state index contributed by atoms with van der Waals surface area (Å²) in [6.45, 7) is 5.80. The molecule has 1 amide bonds. The van der Waals surface area contributed by atoms with Gasteiger partial charge in [-0.3, -0.25) is 4.79 Å². The summed E-state index contributed by atoms with van der Waals surface area (Å²) < 4.78 is 5.05. The van der Waals surface area contributed by atoms with E-state index in [1.54, 1.807) is 6.92 Å². The molecule has 0 fully saturated rings. The molecule has 0 aliphatic carbocycles. The van der Waals surface area contributed by atoms with E-state index in [0.29, 0.717) is 17.0 Å². The number of ether oxygens (including phenoxy) is 1. The molecule has 1 aromatic rings. The lowest BCUT2D eigenvalue weighted by molar-refractivity contribution is -0.305. The Bertz CT molecular complexity index is 565. The number of carboxylic acid groups (broad SMARTS) is 1. The van der Waals surface area contributed by atoms with E-state index in [0.717, 1.165) is 10.4 Å². The second kappa shape index (κ2) is 8.53. The molecule has 1 heterocycles. The Morgan fingerprint density at radius 3 is 2.45 bits per heavy atom. The summed E-state index contributed by atoms with van der Waals surface area (Å²) in [6, 6.07) is 0. The van der Waals surface area contributed by atoms with Gasteiger partial charge in [-0.1, -0.05) is 6.92 Å². The Balaban J connectivity index is 2.87. The minimum absolute atomic E-state index is 0.0641. The number of esters is 1. The molecule has 1 aromatic heterocycles. The van der Waals surface area contributed by atoms with Gasteiger partial charge in [0.15, 0.2) is 0 Å². The summed E-state index contributed by atoms with van der Waals surface area (Å²) >= 11 is 1.33. The van der Waals surface area contributed by atoms with Crippen molar-refractivity contribution >= 4 is 34.2 Å². The molecule has 1 N–H and O–H groups in total. The molecule has 122 valence electrons. The normalized spacial score (nSPS) is 10.3. The number of hydrogen-bond acceptors (Lipinski definition) is 6. The Labute approximate surface area is 133 Å². The zero-order valence-corrected chi connectivity index (χ0v) is 13.8. The van der Waals surface area contributed by atoms with Gasteiger partial charge in [-0.15, -0.1) is 11.3 Å². The number of carbonyl (C=O) groups excluding carboxylic acids is 3. The second-order valence-corrected chi connectivity index (χ2v) is 5.91. The van der Waals surface area contributed by atoms with Crippen molar-refractivity contribution in [2.24, 2.45) is 0 Å². The van der Waals surface area contributed by atoms with Gasteiger partial charge in [-0.25, -0.2) is 4.79 Å². The van der Waals surface area contributed by atoms with Gasteiger partial charge in [0.25, 0.3) is 0 Å². The standard InChI is InChI=1S/C15H21NO5S/c1-4-10-9(3)22-14(13(10)15(20)21-5-2)16-11(17)7-6-8-12(18)19/h4-8H2,1-3H3,(H,16,17)(H,18,19)/p-1. The van der Waals surface area contributed by atoms with Crippen LogP contribution in [0.1, 0.15) is 53.9 Å². The monoisotopic (exact) mass is 326 g/mol. The first kappa shape index (κ1) is 18.2. The molecule has 0 atom stereocenters. The third-order valence-electron chi connectivity index (χ3n) is 3.08. The first-order valence-electron chi connectivity index (χ1n) is 7.19. The number of thiophene rings is 1. The summed E-state index contributed by atoms with van der Waals surface area (Å²) in [6.07, 6.45) is 0.765. The van der Waals surface area contributed by atoms with Crippen molar-refractivity contribution in [1.29, 1.82) is 0 Å². The number of rotatable bonds is 8. The fraction of sp³-hybridized carbons (Fsp3) is 0.533. The number of amides is 1. The lowest BCUT2D eigenvalue weighted by Crippen LogP contribution is -2.22. The van der Waals surface area contributed by atoms with E-state index in [9.17, 15) is 19.5 Å². The summed E-state index contributed by atoms with van der Waals surface area (Å²) in [4.78, 5) is 35.2. The van der Waals surface area contributed by atoms with E-state index in [-0.39, 0.29) is 31.8 Å². The quantitative estimate of drug-likeness (QED) is 0.733. The SMILES string of the molecule is CCOC(=O)c1c(NC(=O)CCCC(=O)[O-])sc(C)c1CC. The minimum Gasteiger partial charge on any atom is -0.550 e. The smallest absolute Gasteiger partial charge is 0.341 e. The van der Waals surface area contributed by atoms with Crippen molar-refractivity contribution in [3.8, 4) is 0 Å². The lowest BCUT2D eigenvalue weighted by Gasteiger charge is -2.08. The van der Waals surface area contributed by atoms with Gasteiger partial charge >= 0.3 is 5.97 Å². The molecule has 1 rings (SSSR count). The van der Waals surface area contributed by atoms with E-state index in [4.69, 9.17) is 4.74 Å². The average molecular weight is 326 g/mol. The molecule has 0 saturated carbocycles. The number of carboxylic acids is 1. The van der Waals surface area contributed by atoms with Crippen molar-refractivity contribution in [3.05, 3.63) is 16.0 Å². The van der Waals surface area contributed by atoms with Crippen molar-refractivity contribution in [1.82, 2.24) is 0 Å². The third kappa shape index (κ3) is 4.84. The van der Waals surface area contributed by atoms with Crippen LogP contribution in [0, 0.1) is 6.92 Å². The number of carbonyl (C=O) groups is 3. The lowest BCUT2D eigenvalue weighted by atomic mass is 10.1. The van der Waals surface area contributed by atoms with Crippen molar-refractivity contribution in [2.75, 3.05) is 11.9 Å². The van der Waals surface area contributed by atoms with Gasteiger partial charge in [0.2, 0.25) is 5.91 Å². The number of nitrogens with one attached hydrogen (secondary N) is 1. The molecule has 0 aliphatic heterocycles. The van der Waals surface area contributed by atoms with Crippen LogP contribution >= 0.6 is 11.3 Å². The molecule has 0 aliphatic rings. The minimum atomic E-state index is -1.18. The van der Waals surface area contributed by atoms with Gasteiger partial charge in [-0.2, -0.15) is 0 Å². The Hall–Kier alpha value is -1.89. The van der Waals surface area contributed by atoms with Gasteiger partial charge in [0, 0.05) is 17.3 Å². The molecule has 0 aromatic carbocycles. The fourth-order valence-electron chi connectivity index (χ4n) is 2.09. The zero-order valence-electron chi connectivity index (χ0n) is 13.0. The number of aryl methyl sites for hydroxylation is 1. The van der Waals surface area contributed by atoms with Crippen molar-refractivity contribution in [2.45, 2.75) is 46.5 Å². The van der Waals surface area contributed by atoms with Crippen LogP contribution in [0.25, 0.3) is 0 Å². The highest BCUT2D eigenvalue weighted by atomic mass is 32.1. The van der Waals surface area contributed by atoms with Crippen LogP contribution < -0.4 is 10.4 Å². The summed E-state index contributed by atoms with van der Waals surface area (Å²) in [7, 11) is 0. The maximum atomic E-state index is 12.1. The van der Waals surface area contributed by atoms with E-state index in [1.807, 2.05) is 13.8 Å². The summed E-state index contributed by atoms with van der Waals surface area (Å²) in [5.74, 6) is -1.95. The summed E-state index contributed by atoms with van der Waals surface area (Å²) in [5, 5.41) is 13.5. The first-order valence-corrected chi connectivity index (χ1v) is 8.01. The van der Waals surface area contributed by atoms with Crippen LogP contribution in [-0.2, 0) is 20.7 Å². The Morgan fingerprint density at radius 2 is 1.91 bits per heavy atom. The van der Waals surface area contributed by atoms with Gasteiger partial charge < -0.3 is 20.0 Å². The molecule has 7 heteroatoms. The molecule has 22 heavy (non-hydrogen) atoms. The number of anilines is 1. The number of hydrogen-bond donors (Lipinski definition) is 1. The van der Waals surface area contributed by atoms with E-state index < -0.39 is 11.9 Å². The second-order valence-electron chi connectivity index (χ2n) is 4.69. The molecule has 0 bridgehead atoms. The Morgan fingerprint density at radius 1 is 1.23 bits per heavy atom. The Kier molecular flexibility index (Phi) is 7.04. The van der Waals surface area contributed by atoms with Gasteiger partial charge in [0.1, 0.15) is 5.00 Å². The van der Waals surface area contributed by atoms with Crippen molar-refractivity contribution in [3.63, 3.8) is 0 Å². The first-order chi connectivity index (χ1) is 10.4. The van der Waals surface area contributed by atoms with Crippen LogP contribution in [0.3, 0.4) is 0 Å². The highest BCUT2D eigenvalue weighted by Gasteiger charge is 2.23. The molecular weight excluding hydrogens is 306 g/mol. The van der Waals surface area contributed by atoms with Gasteiger partial charge in [-0.05, 0) is 38.7 Å². The predicted octanol–water partition coefficient (Wildman–Crippen LogP) is 1.65. The molecule has 0 radical (unpaired) electrons. The molecule has 0 spiro atoms. The largest absolute Gasteiger partial charge is 0.550 e. The van der Waals surface area contributed by atoms with E-state index in [1.165, 1.54) is 11.3 Å². The van der Waals surface area contributed by atoms with Crippen LogP contribution in [0.4, 0.5) is 5.00 Å².